The van der Waals surface area contributed by atoms with E-state index in [0.29, 0.717) is 49.6 Å². The van der Waals surface area contributed by atoms with E-state index in [1.807, 2.05) is 55.4 Å². The minimum absolute atomic E-state index is 0.0103. The lowest BCUT2D eigenvalue weighted by Crippen LogP contribution is -2.67. The van der Waals surface area contributed by atoms with E-state index in [1.54, 1.807) is 11.3 Å². The van der Waals surface area contributed by atoms with Crippen LogP contribution in [0.5, 0.6) is 0 Å². The van der Waals surface area contributed by atoms with E-state index in [4.69, 9.17) is 33.7 Å². The zero-order valence-electron chi connectivity index (χ0n) is 47.4. The maximum atomic E-state index is 13.7. The zero-order valence-corrected chi connectivity index (χ0v) is 50.2. The number of fused-ring (bicyclic) bond motifs is 1. The molecule has 406 valence electrons. The van der Waals surface area contributed by atoms with Crippen LogP contribution in [0.1, 0.15) is 94.9 Å². The Bertz CT molecular complexity index is 3290. The SMILES string of the molecule is COC(=O)c1nc(N(C)c2cc(C)c(/N=c3\sc4ccccc4n3COCC[Si](C)(C)C)nn2)ccc1-c1cnn(CC23CC4(C)CC(C)(C2)CC(OCCO[Si](c2ccccc2)(c2ccccc2)C(C)(C)C)(C4)C3)c1C. The van der Waals surface area contributed by atoms with Crippen molar-refractivity contribution in [1.29, 1.82) is 0 Å². The standard InChI is InChI=1S/C61H78N8O5SSi2/c1-43-33-52(65-66-54(43)64-56-68(42-72-31-32-76(10,11)12)49-25-19-20-26-50(49)75-56)67(8)51-28-27-47(53(63-51)55(70)71-9)48-34-62-69(44(48)2)41-60-36-58(6)35-59(7,37-60)39-61(38-58,40-60)73-29-30-74-77(57(3,4)5,45-21-15-13-16-22-45)46-23-17-14-18-24-46/h13-28,33-34H,29-32,35-42H2,1-12H3/b64-56-. The third-order valence-corrected chi connectivity index (χ3v) is 24.5. The quantitative estimate of drug-likeness (QED) is 0.0438. The summed E-state index contributed by atoms with van der Waals surface area (Å²) in [7, 11) is -0.681. The van der Waals surface area contributed by atoms with Crippen LogP contribution >= 0.6 is 11.3 Å². The molecule has 0 saturated heterocycles. The lowest BCUT2D eigenvalue weighted by atomic mass is 9.39. The number of methoxy groups -OCH3 is 1. The molecule has 77 heavy (non-hydrogen) atoms. The molecule has 16 heteroatoms. The second kappa shape index (κ2) is 20.9. The molecule has 2 unspecified atom stereocenters. The van der Waals surface area contributed by atoms with E-state index in [1.165, 1.54) is 23.9 Å². The summed E-state index contributed by atoms with van der Waals surface area (Å²) >= 11 is 1.60. The van der Waals surface area contributed by atoms with Crippen LogP contribution in [-0.4, -0.2) is 91.5 Å². The van der Waals surface area contributed by atoms with Gasteiger partial charge in [0.2, 0.25) is 0 Å². The van der Waals surface area contributed by atoms with Gasteiger partial charge < -0.3 is 23.5 Å². The summed E-state index contributed by atoms with van der Waals surface area (Å²) in [5.74, 6) is 1.08. The van der Waals surface area contributed by atoms with Crippen LogP contribution in [0.2, 0.25) is 30.7 Å². The molecule has 0 radical (unpaired) electrons. The molecule has 3 aromatic carbocycles. The number of esters is 1. The first-order chi connectivity index (χ1) is 36.6. The van der Waals surface area contributed by atoms with Crippen LogP contribution in [0.25, 0.3) is 21.3 Å². The van der Waals surface area contributed by atoms with Gasteiger partial charge in [-0.3, -0.25) is 9.25 Å². The summed E-state index contributed by atoms with van der Waals surface area (Å²) < 4.78 is 31.6. The van der Waals surface area contributed by atoms with Crippen LogP contribution in [0, 0.1) is 30.1 Å². The third-order valence-electron chi connectivity index (χ3n) is 16.7. The molecular weight excluding hydrogens is 1010 g/mol. The van der Waals surface area contributed by atoms with Crippen molar-refractivity contribution < 1.29 is 23.4 Å². The normalized spacial score (nSPS) is 22.5. The van der Waals surface area contributed by atoms with Crippen molar-refractivity contribution in [2.45, 2.75) is 137 Å². The number of rotatable bonds is 19. The number of carbonyl (C=O) groups excluding carboxylic acids is 1. The molecule has 4 heterocycles. The van der Waals surface area contributed by atoms with Gasteiger partial charge in [0, 0.05) is 45.1 Å². The molecule has 4 aliphatic rings. The second-order valence-electron chi connectivity index (χ2n) is 25.6. The molecule has 0 spiro atoms. The maximum Gasteiger partial charge on any atom is 0.357 e. The molecule has 4 fully saturated rings. The van der Waals surface area contributed by atoms with E-state index in [2.05, 4.69) is 153 Å². The van der Waals surface area contributed by atoms with Crippen LogP contribution in [-0.2, 0) is 31.9 Å². The number of carbonyl (C=O) groups is 1. The Hall–Kier alpha value is -5.63. The van der Waals surface area contributed by atoms with Crippen molar-refractivity contribution >= 4 is 71.7 Å². The summed E-state index contributed by atoms with van der Waals surface area (Å²) in [4.78, 5) is 26.3. The Labute approximate surface area is 461 Å². The molecule has 7 aromatic rings. The average molecular weight is 1090 g/mol. The van der Waals surface area contributed by atoms with Crippen LogP contribution < -0.4 is 20.1 Å². The molecule has 11 rings (SSSR count). The highest BCUT2D eigenvalue weighted by Crippen LogP contribution is 2.72. The first-order valence-electron chi connectivity index (χ1n) is 27.4. The number of aryl methyl sites for hydroxylation is 1. The van der Waals surface area contributed by atoms with Crippen LogP contribution in [0.15, 0.2) is 114 Å². The maximum absolute atomic E-state index is 13.7. The largest absolute Gasteiger partial charge is 0.464 e. The highest BCUT2D eigenvalue weighted by atomic mass is 32.1. The van der Waals surface area contributed by atoms with Gasteiger partial charge in [-0.15, -0.1) is 10.2 Å². The smallest absolute Gasteiger partial charge is 0.357 e. The Balaban J connectivity index is 0.872. The van der Waals surface area contributed by atoms with Gasteiger partial charge in [0.15, 0.2) is 22.1 Å². The number of nitrogens with zero attached hydrogens (tertiary/aromatic N) is 8. The molecule has 13 nitrogen and oxygen atoms in total. The Morgan fingerprint density at radius 3 is 2.09 bits per heavy atom. The van der Waals surface area contributed by atoms with Gasteiger partial charge in [0.05, 0.1) is 42.3 Å². The van der Waals surface area contributed by atoms with Crippen molar-refractivity contribution in [3.63, 3.8) is 0 Å². The molecule has 4 saturated carbocycles. The van der Waals surface area contributed by atoms with Gasteiger partial charge in [-0.25, -0.2) is 9.78 Å². The fraction of sp³-hybridized carbons (Fsp3) is 0.475. The minimum atomic E-state index is -2.71. The minimum Gasteiger partial charge on any atom is -0.464 e. The first-order valence-corrected chi connectivity index (χ1v) is 33.8. The van der Waals surface area contributed by atoms with Gasteiger partial charge in [-0.1, -0.05) is 138 Å². The van der Waals surface area contributed by atoms with E-state index in [9.17, 15) is 4.79 Å². The lowest BCUT2D eigenvalue weighted by molar-refractivity contribution is -0.249. The van der Waals surface area contributed by atoms with E-state index >= 15 is 0 Å². The Morgan fingerprint density at radius 1 is 0.792 bits per heavy atom. The zero-order chi connectivity index (χ0) is 54.6. The first kappa shape index (κ1) is 54.7. The summed E-state index contributed by atoms with van der Waals surface area (Å²) in [5, 5.41) is 16.8. The number of hydrogen-bond acceptors (Lipinski definition) is 12. The van der Waals surface area contributed by atoms with Gasteiger partial charge in [0.1, 0.15) is 12.5 Å². The van der Waals surface area contributed by atoms with Crippen molar-refractivity contribution in [3.8, 4) is 11.1 Å². The summed E-state index contributed by atoms with van der Waals surface area (Å²) in [5.41, 5.74) is 4.67. The molecule has 4 aliphatic carbocycles. The molecule has 0 amide bonds. The lowest BCUT2D eigenvalue weighted by Gasteiger charge is -2.69. The number of ether oxygens (including phenoxy) is 3. The number of thiazole rings is 1. The number of pyridine rings is 1. The highest BCUT2D eigenvalue weighted by molar-refractivity contribution is 7.16. The molecule has 4 aromatic heterocycles. The number of hydrogen-bond donors (Lipinski definition) is 0. The Kier molecular flexibility index (Phi) is 14.8. The average Bonchev–Trinajstić information content (AvgIpc) is 4.09. The molecule has 4 bridgehead atoms. The predicted octanol–water partition coefficient (Wildman–Crippen LogP) is 12.2. The highest BCUT2D eigenvalue weighted by Gasteiger charge is 2.66. The molecule has 0 aliphatic heterocycles. The van der Waals surface area contributed by atoms with E-state index in [0.717, 1.165) is 76.5 Å². The van der Waals surface area contributed by atoms with Crippen molar-refractivity contribution in [2.75, 3.05) is 38.9 Å². The van der Waals surface area contributed by atoms with Gasteiger partial charge in [0.25, 0.3) is 8.32 Å². The molecule has 2 atom stereocenters. The van der Waals surface area contributed by atoms with Gasteiger partial charge >= 0.3 is 5.97 Å². The van der Waals surface area contributed by atoms with Crippen LogP contribution in [0.3, 0.4) is 0 Å². The molecule has 0 N–H and O–H groups in total. The topological polar surface area (TPSA) is 131 Å². The van der Waals surface area contributed by atoms with E-state index in [-0.39, 0.29) is 32.6 Å². The van der Waals surface area contributed by atoms with Gasteiger partial charge in [-0.05, 0) is 126 Å². The predicted molar refractivity (Wildman–Crippen MR) is 314 cm³/mol. The number of aromatic nitrogens is 6. The van der Waals surface area contributed by atoms with Crippen molar-refractivity contribution in [2.24, 2.45) is 21.2 Å². The third kappa shape index (κ3) is 10.9. The number of para-hydroxylation sites is 1. The summed E-state index contributed by atoms with van der Waals surface area (Å²) in [6.45, 7) is 26.1. The number of benzene rings is 3. The fourth-order valence-corrected chi connectivity index (χ4v) is 20.7. The van der Waals surface area contributed by atoms with Crippen molar-refractivity contribution in [1.82, 2.24) is 29.5 Å². The molecular formula is C61H78N8O5SSi2. The fourth-order valence-electron chi connectivity index (χ4n) is 14.4. The second-order valence-corrected chi connectivity index (χ2v) is 36.5. The number of anilines is 2. The summed E-state index contributed by atoms with van der Waals surface area (Å²) in [6, 6.07) is 36.9. The Morgan fingerprint density at radius 2 is 1.45 bits per heavy atom. The van der Waals surface area contributed by atoms with Crippen molar-refractivity contribution in [3.05, 3.63) is 131 Å². The van der Waals surface area contributed by atoms with Gasteiger partial charge in [-0.2, -0.15) is 10.1 Å². The van der Waals surface area contributed by atoms with E-state index < -0.39 is 22.4 Å². The van der Waals surface area contributed by atoms with Crippen LogP contribution in [0.4, 0.5) is 17.5 Å². The monoisotopic (exact) mass is 1090 g/mol. The summed E-state index contributed by atoms with van der Waals surface area (Å²) in [6.07, 6.45) is 8.43.